The molecule has 3 aromatic rings. The number of hydrogen-bond donors (Lipinski definition) is 2. The van der Waals surface area contributed by atoms with Gasteiger partial charge in [0.05, 0.1) is 27.7 Å². The molecular weight excluding hydrogens is 417 g/mol. The van der Waals surface area contributed by atoms with Crippen LogP contribution in [0.3, 0.4) is 0 Å². The molecular formula is C20H19Cl2N3O2S. The van der Waals surface area contributed by atoms with Crippen molar-refractivity contribution < 1.29 is 9.53 Å². The normalized spacial score (nSPS) is 14.6. The smallest absolute Gasteiger partial charge is 0.224 e. The molecule has 0 aliphatic carbocycles. The maximum atomic E-state index is 11.4. The molecule has 1 amide bonds. The number of aromatic nitrogens is 2. The first-order valence-electron chi connectivity index (χ1n) is 9.01. The summed E-state index contributed by atoms with van der Waals surface area (Å²) in [5.74, 6) is 2.10. The lowest BCUT2D eigenvalue weighted by molar-refractivity contribution is -0.116. The molecule has 2 aromatic carbocycles. The molecule has 5 nitrogen and oxygen atoms in total. The molecule has 1 aliphatic rings. The van der Waals surface area contributed by atoms with Gasteiger partial charge in [-0.3, -0.25) is 4.79 Å². The number of fused-ring (bicyclic) bond motifs is 2. The summed E-state index contributed by atoms with van der Waals surface area (Å²) in [6, 6.07) is 9.39. The highest BCUT2D eigenvalue weighted by atomic mass is 35.5. The van der Waals surface area contributed by atoms with Crippen LogP contribution < -0.4 is 10.1 Å². The average Bonchev–Trinajstić information content (AvgIpc) is 3.06. The van der Waals surface area contributed by atoms with Crippen LogP contribution >= 0.6 is 35.0 Å². The van der Waals surface area contributed by atoms with E-state index in [2.05, 4.69) is 22.2 Å². The molecule has 4 rings (SSSR count). The molecule has 1 atom stereocenters. The third-order valence-corrected chi connectivity index (χ3v) is 6.44. The van der Waals surface area contributed by atoms with Crippen LogP contribution in [-0.4, -0.2) is 28.2 Å². The molecule has 8 heteroatoms. The van der Waals surface area contributed by atoms with E-state index in [4.69, 9.17) is 27.9 Å². The van der Waals surface area contributed by atoms with Crippen molar-refractivity contribution >= 4 is 57.6 Å². The molecule has 28 heavy (non-hydrogen) atoms. The minimum absolute atomic E-state index is 0.0712. The van der Waals surface area contributed by atoms with Gasteiger partial charge in [0, 0.05) is 17.9 Å². The van der Waals surface area contributed by atoms with Gasteiger partial charge >= 0.3 is 0 Å². The van der Waals surface area contributed by atoms with Crippen LogP contribution in [0.15, 0.2) is 35.5 Å². The Morgan fingerprint density at radius 2 is 2.04 bits per heavy atom. The van der Waals surface area contributed by atoms with Crippen molar-refractivity contribution in [2.75, 3.05) is 17.7 Å². The second-order valence-electron chi connectivity index (χ2n) is 6.92. The molecule has 0 radical (unpaired) electrons. The summed E-state index contributed by atoms with van der Waals surface area (Å²) in [7, 11) is 0. The van der Waals surface area contributed by atoms with Crippen molar-refractivity contribution in [1.82, 2.24) is 9.97 Å². The number of H-pyrrole nitrogens is 1. The number of carbonyl (C=O) groups is 1. The quantitative estimate of drug-likeness (QED) is 0.497. The van der Waals surface area contributed by atoms with E-state index in [-0.39, 0.29) is 5.91 Å². The Balaban J connectivity index is 1.31. The van der Waals surface area contributed by atoms with Crippen LogP contribution in [0.2, 0.25) is 10.0 Å². The van der Waals surface area contributed by atoms with Gasteiger partial charge in [0.25, 0.3) is 0 Å². The maximum Gasteiger partial charge on any atom is 0.224 e. The SMILES string of the molecule is C[C@H](COc1ccc2c(c1)CCC(=O)N2)CSc1nc2cc(Cl)c(Cl)cc2[nH]1. The van der Waals surface area contributed by atoms with Crippen molar-refractivity contribution in [3.63, 3.8) is 0 Å². The van der Waals surface area contributed by atoms with Gasteiger partial charge < -0.3 is 15.0 Å². The van der Waals surface area contributed by atoms with Gasteiger partial charge in [-0.15, -0.1) is 0 Å². The molecule has 0 spiro atoms. The Morgan fingerprint density at radius 1 is 1.21 bits per heavy atom. The van der Waals surface area contributed by atoms with Crippen LogP contribution in [0, 0.1) is 5.92 Å². The zero-order valence-electron chi connectivity index (χ0n) is 15.2. The minimum atomic E-state index is 0.0712. The van der Waals surface area contributed by atoms with Crippen LogP contribution in [0.25, 0.3) is 11.0 Å². The summed E-state index contributed by atoms with van der Waals surface area (Å²) < 4.78 is 5.95. The summed E-state index contributed by atoms with van der Waals surface area (Å²) >= 11 is 13.7. The highest BCUT2D eigenvalue weighted by molar-refractivity contribution is 7.99. The van der Waals surface area contributed by atoms with E-state index in [1.807, 2.05) is 18.2 Å². The van der Waals surface area contributed by atoms with Crippen LogP contribution in [0.1, 0.15) is 18.9 Å². The van der Waals surface area contributed by atoms with Crippen molar-refractivity contribution in [3.05, 3.63) is 45.9 Å². The van der Waals surface area contributed by atoms with Crippen molar-refractivity contribution in [3.8, 4) is 5.75 Å². The molecule has 0 saturated carbocycles. The third-order valence-electron chi connectivity index (χ3n) is 4.51. The van der Waals surface area contributed by atoms with Gasteiger partial charge in [0.1, 0.15) is 5.75 Å². The Morgan fingerprint density at radius 3 is 2.89 bits per heavy atom. The minimum Gasteiger partial charge on any atom is -0.493 e. The largest absolute Gasteiger partial charge is 0.493 e. The van der Waals surface area contributed by atoms with Crippen LogP contribution in [0.5, 0.6) is 5.75 Å². The number of thioether (sulfide) groups is 1. The predicted molar refractivity (Wildman–Crippen MR) is 115 cm³/mol. The number of carbonyl (C=O) groups excluding carboxylic acids is 1. The number of aryl methyl sites for hydroxylation is 1. The number of nitrogens with one attached hydrogen (secondary N) is 2. The number of rotatable bonds is 6. The highest BCUT2D eigenvalue weighted by Gasteiger charge is 2.15. The van der Waals surface area contributed by atoms with E-state index < -0.39 is 0 Å². The number of aromatic amines is 1. The third kappa shape index (κ3) is 4.40. The number of ether oxygens (including phenoxy) is 1. The first kappa shape index (κ1) is 19.4. The molecule has 1 aliphatic heterocycles. The van der Waals surface area contributed by atoms with E-state index in [9.17, 15) is 4.79 Å². The lowest BCUT2D eigenvalue weighted by Gasteiger charge is -2.18. The number of amides is 1. The zero-order chi connectivity index (χ0) is 19.7. The second-order valence-corrected chi connectivity index (χ2v) is 8.74. The van der Waals surface area contributed by atoms with E-state index >= 15 is 0 Å². The van der Waals surface area contributed by atoms with Crippen molar-refractivity contribution in [2.24, 2.45) is 5.92 Å². The van der Waals surface area contributed by atoms with Gasteiger partial charge in [-0.05, 0) is 48.2 Å². The number of nitrogens with zero attached hydrogens (tertiary/aromatic N) is 1. The summed E-state index contributed by atoms with van der Waals surface area (Å²) in [5.41, 5.74) is 3.69. The Hall–Kier alpha value is -1.89. The fraction of sp³-hybridized carbons (Fsp3) is 0.300. The molecule has 2 N–H and O–H groups in total. The molecule has 0 fully saturated rings. The van der Waals surface area contributed by atoms with Gasteiger partial charge in [-0.1, -0.05) is 41.9 Å². The summed E-state index contributed by atoms with van der Waals surface area (Å²) in [6.07, 6.45) is 1.28. The summed E-state index contributed by atoms with van der Waals surface area (Å²) in [4.78, 5) is 19.3. The van der Waals surface area contributed by atoms with Gasteiger partial charge in [0.2, 0.25) is 5.91 Å². The summed E-state index contributed by atoms with van der Waals surface area (Å²) in [5, 5.41) is 4.74. The monoisotopic (exact) mass is 435 g/mol. The Labute approximate surface area is 177 Å². The Bertz CT molecular complexity index is 999. The molecule has 0 unspecified atom stereocenters. The van der Waals surface area contributed by atoms with E-state index in [1.54, 1.807) is 23.9 Å². The number of benzene rings is 2. The fourth-order valence-corrected chi connectivity index (χ4v) is 4.21. The maximum absolute atomic E-state index is 11.4. The molecule has 0 bridgehead atoms. The van der Waals surface area contributed by atoms with Crippen LogP contribution in [0.4, 0.5) is 5.69 Å². The number of hydrogen-bond acceptors (Lipinski definition) is 4. The van der Waals surface area contributed by atoms with E-state index in [0.29, 0.717) is 29.0 Å². The molecule has 1 aromatic heterocycles. The Kier molecular flexibility index (Phi) is 5.71. The second kappa shape index (κ2) is 8.23. The number of imidazole rings is 1. The lowest BCUT2D eigenvalue weighted by atomic mass is 10.0. The predicted octanol–water partition coefficient (Wildman–Crippen LogP) is 5.56. The summed E-state index contributed by atoms with van der Waals surface area (Å²) in [6.45, 7) is 2.75. The fourth-order valence-electron chi connectivity index (χ4n) is 3.01. The lowest BCUT2D eigenvalue weighted by Crippen LogP contribution is -2.19. The topological polar surface area (TPSA) is 67.0 Å². The first-order valence-corrected chi connectivity index (χ1v) is 10.8. The first-order chi connectivity index (χ1) is 13.5. The molecule has 2 heterocycles. The standard InChI is InChI=1S/C20H19Cl2N3O2S/c1-11(9-27-13-3-4-16-12(6-13)2-5-19(26)23-16)10-28-20-24-17-7-14(21)15(22)8-18(17)25-20/h3-4,6-8,11H,2,5,9-10H2,1H3,(H,23,26)(H,24,25)/t11-/m1/s1. The number of anilines is 1. The molecule has 0 saturated heterocycles. The van der Waals surface area contributed by atoms with Gasteiger partial charge in [-0.2, -0.15) is 0 Å². The van der Waals surface area contributed by atoms with Gasteiger partial charge in [-0.25, -0.2) is 4.98 Å². The van der Waals surface area contributed by atoms with E-state index in [1.165, 1.54) is 0 Å². The average molecular weight is 436 g/mol. The van der Waals surface area contributed by atoms with Crippen LogP contribution in [-0.2, 0) is 11.2 Å². The van der Waals surface area contributed by atoms with E-state index in [0.717, 1.165) is 45.4 Å². The highest BCUT2D eigenvalue weighted by Crippen LogP contribution is 2.30. The van der Waals surface area contributed by atoms with Gasteiger partial charge in [0.15, 0.2) is 5.16 Å². The number of halogens is 2. The zero-order valence-corrected chi connectivity index (χ0v) is 17.5. The van der Waals surface area contributed by atoms with Crippen molar-refractivity contribution in [2.45, 2.75) is 24.9 Å². The van der Waals surface area contributed by atoms with Crippen molar-refractivity contribution in [1.29, 1.82) is 0 Å². The molecule has 146 valence electrons.